The largest absolute Gasteiger partial charge is 0.325 e. The predicted molar refractivity (Wildman–Crippen MR) is 82.7 cm³/mol. The van der Waals surface area contributed by atoms with Crippen LogP contribution < -0.4 is 10.6 Å². The Kier molecular flexibility index (Phi) is 3.81. The number of carbonyl (C=O) groups is 1. The van der Waals surface area contributed by atoms with Crippen molar-refractivity contribution < 1.29 is 13.2 Å². The number of hydrogen-bond donors (Lipinski definition) is 2. The van der Waals surface area contributed by atoms with Crippen molar-refractivity contribution in [3.63, 3.8) is 0 Å². The molecule has 2 aliphatic heterocycles. The monoisotopic (exact) mass is 373 g/mol. The summed E-state index contributed by atoms with van der Waals surface area (Å²) in [5.74, 6) is -0.109. The van der Waals surface area contributed by atoms with Crippen molar-refractivity contribution in [2.24, 2.45) is 0 Å². The molecule has 1 unspecified atom stereocenters. The van der Waals surface area contributed by atoms with Crippen LogP contribution in [0.25, 0.3) is 0 Å². The van der Waals surface area contributed by atoms with Gasteiger partial charge in [-0.2, -0.15) is 4.31 Å². The van der Waals surface area contributed by atoms with Gasteiger partial charge in [0.1, 0.15) is 0 Å². The summed E-state index contributed by atoms with van der Waals surface area (Å²) in [5.41, 5.74) is 1.41. The third-order valence-electron chi connectivity index (χ3n) is 3.73. The normalized spacial score (nSPS) is 23.0. The fourth-order valence-electron chi connectivity index (χ4n) is 2.68. The lowest BCUT2D eigenvalue weighted by Gasteiger charge is -2.31. The summed E-state index contributed by atoms with van der Waals surface area (Å²) in [6.45, 7) is 3.50. The molecule has 1 aromatic rings. The number of hydrogen-bond acceptors (Lipinski definition) is 4. The van der Waals surface area contributed by atoms with Crippen molar-refractivity contribution in [3.05, 3.63) is 22.2 Å². The number of anilines is 1. The molecule has 6 nitrogen and oxygen atoms in total. The van der Waals surface area contributed by atoms with Gasteiger partial charge in [0.15, 0.2) is 0 Å². The molecule has 8 heteroatoms. The van der Waals surface area contributed by atoms with Gasteiger partial charge in [0, 0.05) is 35.8 Å². The Bertz CT molecular complexity index is 705. The van der Waals surface area contributed by atoms with Gasteiger partial charge < -0.3 is 10.6 Å². The molecule has 0 aromatic heterocycles. The molecule has 0 spiro atoms. The second-order valence-electron chi connectivity index (χ2n) is 5.38. The highest BCUT2D eigenvalue weighted by Crippen LogP contribution is 2.34. The molecule has 1 amide bonds. The molecule has 114 valence electrons. The van der Waals surface area contributed by atoms with Crippen LogP contribution in [0.2, 0.25) is 0 Å². The van der Waals surface area contributed by atoms with Gasteiger partial charge in [-0.3, -0.25) is 4.79 Å². The first kappa shape index (κ1) is 15.0. The van der Waals surface area contributed by atoms with Crippen molar-refractivity contribution in [2.45, 2.75) is 24.3 Å². The average Bonchev–Trinajstić information content (AvgIpc) is 2.76. The SMILES string of the molecule is CC1CN(S(=O)(=O)c2cc3c(cc2Br)NC(=O)C3)CCN1. The highest BCUT2D eigenvalue weighted by molar-refractivity contribution is 9.10. The smallest absolute Gasteiger partial charge is 0.244 e. The average molecular weight is 374 g/mol. The van der Waals surface area contributed by atoms with E-state index in [1.807, 2.05) is 6.92 Å². The first-order valence-electron chi connectivity index (χ1n) is 6.74. The van der Waals surface area contributed by atoms with E-state index in [-0.39, 0.29) is 23.3 Å². The van der Waals surface area contributed by atoms with Crippen molar-refractivity contribution >= 4 is 37.5 Å². The van der Waals surface area contributed by atoms with E-state index in [0.717, 1.165) is 5.56 Å². The van der Waals surface area contributed by atoms with E-state index < -0.39 is 10.0 Å². The second kappa shape index (κ2) is 5.35. The number of carbonyl (C=O) groups excluding carboxylic acids is 1. The van der Waals surface area contributed by atoms with Gasteiger partial charge in [0.2, 0.25) is 15.9 Å². The number of nitrogens with one attached hydrogen (secondary N) is 2. The fourth-order valence-corrected chi connectivity index (χ4v) is 5.26. The second-order valence-corrected chi connectivity index (χ2v) is 8.14. The lowest BCUT2D eigenvalue weighted by Crippen LogP contribution is -2.51. The van der Waals surface area contributed by atoms with Crippen LogP contribution in [0, 0.1) is 0 Å². The molecule has 1 aromatic carbocycles. The number of nitrogens with zero attached hydrogens (tertiary/aromatic N) is 1. The highest BCUT2D eigenvalue weighted by atomic mass is 79.9. The van der Waals surface area contributed by atoms with Crippen LogP contribution in [-0.2, 0) is 21.2 Å². The number of amides is 1. The molecule has 0 saturated carbocycles. The predicted octanol–water partition coefficient (Wildman–Crippen LogP) is 0.926. The van der Waals surface area contributed by atoms with Gasteiger partial charge in [0.05, 0.1) is 11.3 Å². The molecule has 1 saturated heterocycles. The van der Waals surface area contributed by atoms with E-state index in [4.69, 9.17) is 0 Å². The molecule has 3 rings (SSSR count). The maximum absolute atomic E-state index is 12.8. The van der Waals surface area contributed by atoms with Crippen LogP contribution in [0.4, 0.5) is 5.69 Å². The number of sulfonamides is 1. The molecular formula is C13H16BrN3O3S. The van der Waals surface area contributed by atoms with Gasteiger partial charge in [-0.05, 0) is 40.5 Å². The van der Waals surface area contributed by atoms with Gasteiger partial charge in [-0.1, -0.05) is 0 Å². The number of rotatable bonds is 2. The van der Waals surface area contributed by atoms with Crippen molar-refractivity contribution in [1.29, 1.82) is 0 Å². The lowest BCUT2D eigenvalue weighted by atomic mass is 10.2. The van der Waals surface area contributed by atoms with E-state index in [9.17, 15) is 13.2 Å². The maximum atomic E-state index is 12.8. The minimum absolute atomic E-state index is 0.109. The first-order chi connectivity index (χ1) is 9.88. The Balaban J connectivity index is 2.00. The quantitative estimate of drug-likeness (QED) is 0.807. The maximum Gasteiger partial charge on any atom is 0.244 e. The molecule has 0 aliphatic carbocycles. The van der Waals surface area contributed by atoms with E-state index in [2.05, 4.69) is 26.6 Å². The standard InChI is InChI=1S/C13H16BrN3O3S/c1-8-7-17(3-2-15-8)21(19,20)12-4-9-5-13(18)16-11(9)6-10(12)14/h4,6,8,15H,2-3,5,7H2,1H3,(H,16,18). The fraction of sp³-hybridized carbons (Fsp3) is 0.462. The summed E-state index contributed by atoms with van der Waals surface area (Å²) >= 11 is 3.31. The number of fused-ring (bicyclic) bond motifs is 1. The molecular weight excluding hydrogens is 358 g/mol. The molecule has 2 aliphatic rings. The zero-order chi connectivity index (χ0) is 15.2. The van der Waals surface area contributed by atoms with Crippen LogP contribution >= 0.6 is 15.9 Å². The molecule has 1 fully saturated rings. The summed E-state index contributed by atoms with van der Waals surface area (Å²) in [5, 5.41) is 5.94. The Morgan fingerprint density at radius 3 is 2.86 bits per heavy atom. The van der Waals surface area contributed by atoms with Crippen molar-refractivity contribution in [1.82, 2.24) is 9.62 Å². The Morgan fingerprint density at radius 2 is 2.14 bits per heavy atom. The van der Waals surface area contributed by atoms with Crippen LogP contribution in [0.15, 0.2) is 21.5 Å². The minimum atomic E-state index is -3.56. The third kappa shape index (κ3) is 2.73. The van der Waals surface area contributed by atoms with E-state index >= 15 is 0 Å². The minimum Gasteiger partial charge on any atom is -0.325 e. The molecule has 1 atom stereocenters. The van der Waals surface area contributed by atoms with E-state index in [1.165, 1.54) is 4.31 Å². The Hall–Kier alpha value is -0.960. The zero-order valence-corrected chi connectivity index (χ0v) is 13.9. The first-order valence-corrected chi connectivity index (χ1v) is 8.97. The van der Waals surface area contributed by atoms with Crippen LogP contribution in [0.5, 0.6) is 0 Å². The van der Waals surface area contributed by atoms with Crippen molar-refractivity contribution in [2.75, 3.05) is 25.0 Å². The summed E-state index contributed by atoms with van der Waals surface area (Å²) in [6, 6.07) is 3.39. The van der Waals surface area contributed by atoms with Crippen molar-refractivity contribution in [3.8, 4) is 0 Å². The molecule has 0 radical (unpaired) electrons. The van der Waals surface area contributed by atoms with Gasteiger partial charge in [0.25, 0.3) is 0 Å². The summed E-state index contributed by atoms with van der Waals surface area (Å²) < 4.78 is 27.6. The van der Waals surface area contributed by atoms with Crippen LogP contribution in [-0.4, -0.2) is 44.3 Å². The topological polar surface area (TPSA) is 78.5 Å². The molecule has 2 heterocycles. The number of halogens is 1. The molecule has 0 bridgehead atoms. The third-order valence-corrected chi connectivity index (χ3v) is 6.56. The van der Waals surface area contributed by atoms with E-state index in [0.29, 0.717) is 29.8 Å². The summed E-state index contributed by atoms with van der Waals surface area (Å²) in [7, 11) is -3.56. The zero-order valence-electron chi connectivity index (χ0n) is 11.5. The van der Waals surface area contributed by atoms with Gasteiger partial charge in [-0.25, -0.2) is 8.42 Å². The lowest BCUT2D eigenvalue weighted by molar-refractivity contribution is -0.115. The summed E-state index contributed by atoms with van der Waals surface area (Å²) in [4.78, 5) is 11.7. The summed E-state index contributed by atoms with van der Waals surface area (Å²) in [6.07, 6.45) is 0.225. The Labute approximate surface area is 132 Å². The highest BCUT2D eigenvalue weighted by Gasteiger charge is 2.31. The van der Waals surface area contributed by atoms with Gasteiger partial charge in [-0.15, -0.1) is 0 Å². The number of benzene rings is 1. The number of piperazine rings is 1. The van der Waals surface area contributed by atoms with Crippen LogP contribution in [0.3, 0.4) is 0 Å². The van der Waals surface area contributed by atoms with E-state index in [1.54, 1.807) is 12.1 Å². The Morgan fingerprint density at radius 1 is 1.38 bits per heavy atom. The van der Waals surface area contributed by atoms with Gasteiger partial charge >= 0.3 is 0 Å². The molecule has 2 N–H and O–H groups in total. The van der Waals surface area contributed by atoms with Crippen LogP contribution in [0.1, 0.15) is 12.5 Å². The molecule has 21 heavy (non-hydrogen) atoms.